The van der Waals surface area contributed by atoms with Crippen LogP contribution in [0.1, 0.15) is 6.92 Å². The molecular weight excluding hydrogens is 316 g/mol. The van der Waals surface area contributed by atoms with Gasteiger partial charge in [-0.05, 0) is 20.0 Å². The Hall–Kier alpha value is -2.68. The second kappa shape index (κ2) is 8.25. The smallest absolute Gasteiger partial charge is 0.271 e. The lowest BCUT2D eigenvalue weighted by Gasteiger charge is -2.24. The van der Waals surface area contributed by atoms with E-state index in [-0.39, 0.29) is 23.8 Å². The molecule has 1 rings (SSSR count). The maximum atomic E-state index is 12.4. The highest BCUT2D eigenvalue weighted by Crippen LogP contribution is 2.29. The van der Waals surface area contributed by atoms with E-state index in [4.69, 9.17) is 4.74 Å². The summed E-state index contributed by atoms with van der Waals surface area (Å²) in [7, 11) is 6.32. The van der Waals surface area contributed by atoms with Gasteiger partial charge in [0.15, 0.2) is 0 Å². The number of nitro benzene ring substituents is 1. The molecule has 1 aromatic rings. The van der Waals surface area contributed by atoms with E-state index >= 15 is 0 Å². The molecule has 1 aromatic carbocycles. The number of anilines is 1. The number of likely N-dealkylation sites (N-methyl/N-ethyl adjacent to an activating group) is 2. The summed E-state index contributed by atoms with van der Waals surface area (Å²) in [6.07, 6.45) is 0. The minimum absolute atomic E-state index is 0.0770. The van der Waals surface area contributed by atoms with Gasteiger partial charge in [0.25, 0.3) is 5.69 Å². The van der Waals surface area contributed by atoms with Crippen LogP contribution in [-0.4, -0.2) is 67.4 Å². The number of carbonyl (C=O) groups excluding carboxylic acids is 2. The predicted molar refractivity (Wildman–Crippen MR) is 89.1 cm³/mol. The summed E-state index contributed by atoms with van der Waals surface area (Å²) in [5.74, 6) is -0.221. The van der Waals surface area contributed by atoms with E-state index in [2.05, 4.69) is 5.32 Å². The summed E-state index contributed by atoms with van der Waals surface area (Å²) < 4.78 is 5.11. The lowest BCUT2D eigenvalue weighted by atomic mass is 10.2. The van der Waals surface area contributed by atoms with Gasteiger partial charge in [-0.2, -0.15) is 0 Å². The Morgan fingerprint density at radius 1 is 1.33 bits per heavy atom. The number of amides is 2. The summed E-state index contributed by atoms with van der Waals surface area (Å²) in [6, 6.07) is 3.32. The summed E-state index contributed by atoms with van der Waals surface area (Å²) in [5.41, 5.74) is 0.0470. The van der Waals surface area contributed by atoms with Crippen molar-refractivity contribution in [3.05, 3.63) is 28.3 Å². The minimum atomic E-state index is -0.613. The molecule has 132 valence electrons. The maximum absolute atomic E-state index is 12.4. The van der Waals surface area contributed by atoms with Crippen LogP contribution in [0.2, 0.25) is 0 Å². The Bertz CT molecular complexity index is 632. The van der Waals surface area contributed by atoms with Crippen LogP contribution in [0.15, 0.2) is 18.2 Å². The molecule has 0 fully saturated rings. The molecule has 0 aliphatic heterocycles. The second-order valence-corrected chi connectivity index (χ2v) is 5.51. The van der Waals surface area contributed by atoms with Gasteiger partial charge in [0.05, 0.1) is 30.3 Å². The molecule has 0 bridgehead atoms. The number of methoxy groups -OCH3 is 1. The van der Waals surface area contributed by atoms with Gasteiger partial charge >= 0.3 is 0 Å². The maximum Gasteiger partial charge on any atom is 0.271 e. The average molecular weight is 338 g/mol. The Morgan fingerprint density at radius 2 is 1.96 bits per heavy atom. The summed E-state index contributed by atoms with van der Waals surface area (Å²) in [5, 5.41) is 13.5. The standard InChI is InChI=1S/C15H22N4O5/c1-10(18(4)9-14(20)17(2)3)15(21)16-12-8-11(19(22)23)6-7-13(12)24-5/h6-8,10H,9H2,1-5H3,(H,16,21)/t10-/m0/s1. The van der Waals surface area contributed by atoms with Crippen molar-refractivity contribution in [2.24, 2.45) is 0 Å². The third-order valence-corrected chi connectivity index (χ3v) is 3.58. The van der Waals surface area contributed by atoms with Crippen molar-refractivity contribution in [2.45, 2.75) is 13.0 Å². The van der Waals surface area contributed by atoms with Gasteiger partial charge in [-0.1, -0.05) is 0 Å². The van der Waals surface area contributed by atoms with E-state index in [9.17, 15) is 19.7 Å². The van der Waals surface area contributed by atoms with Crippen molar-refractivity contribution in [2.75, 3.05) is 40.1 Å². The first kappa shape index (κ1) is 19.4. The van der Waals surface area contributed by atoms with E-state index < -0.39 is 16.9 Å². The Balaban J connectivity index is 2.88. The van der Waals surface area contributed by atoms with Gasteiger partial charge in [-0.3, -0.25) is 24.6 Å². The largest absolute Gasteiger partial charge is 0.495 e. The molecule has 1 atom stereocenters. The normalized spacial score (nSPS) is 11.8. The molecule has 0 saturated heterocycles. The number of nitro groups is 1. The van der Waals surface area contributed by atoms with Crippen LogP contribution in [0.25, 0.3) is 0 Å². The molecule has 0 aromatic heterocycles. The SMILES string of the molecule is COc1ccc([N+](=O)[O-])cc1NC(=O)[C@H](C)N(C)CC(=O)N(C)C. The first-order valence-corrected chi connectivity index (χ1v) is 7.21. The lowest BCUT2D eigenvalue weighted by molar-refractivity contribution is -0.384. The molecule has 24 heavy (non-hydrogen) atoms. The number of hydrogen-bond acceptors (Lipinski definition) is 6. The topological polar surface area (TPSA) is 105 Å². The number of hydrogen-bond donors (Lipinski definition) is 1. The number of nitrogens with zero attached hydrogens (tertiary/aromatic N) is 3. The molecule has 0 aliphatic carbocycles. The van der Waals surface area contributed by atoms with E-state index in [1.807, 2.05) is 0 Å². The zero-order chi connectivity index (χ0) is 18.4. The molecular formula is C15H22N4O5. The predicted octanol–water partition coefficient (Wildman–Crippen LogP) is 0.950. The molecule has 0 spiro atoms. The van der Waals surface area contributed by atoms with Gasteiger partial charge in [0, 0.05) is 26.2 Å². The number of ether oxygens (including phenoxy) is 1. The fourth-order valence-corrected chi connectivity index (χ4v) is 1.84. The third-order valence-electron chi connectivity index (χ3n) is 3.58. The van der Waals surface area contributed by atoms with E-state index in [0.29, 0.717) is 5.75 Å². The Labute approximate surface area is 140 Å². The third kappa shape index (κ3) is 4.92. The monoisotopic (exact) mass is 338 g/mol. The number of benzene rings is 1. The van der Waals surface area contributed by atoms with Gasteiger partial charge in [0.1, 0.15) is 5.75 Å². The highest BCUT2D eigenvalue weighted by Gasteiger charge is 2.22. The zero-order valence-corrected chi connectivity index (χ0v) is 14.4. The molecule has 0 aliphatic rings. The van der Waals surface area contributed by atoms with Crippen LogP contribution in [0, 0.1) is 10.1 Å². The first-order valence-electron chi connectivity index (χ1n) is 7.21. The summed E-state index contributed by atoms with van der Waals surface area (Å²) >= 11 is 0. The second-order valence-electron chi connectivity index (χ2n) is 5.51. The summed E-state index contributed by atoms with van der Waals surface area (Å²) in [4.78, 5) is 37.4. The molecule has 9 nitrogen and oxygen atoms in total. The van der Waals surface area contributed by atoms with Crippen LogP contribution in [0.3, 0.4) is 0 Å². The minimum Gasteiger partial charge on any atom is -0.495 e. The Morgan fingerprint density at radius 3 is 2.46 bits per heavy atom. The van der Waals surface area contributed by atoms with Crippen molar-refractivity contribution in [3.8, 4) is 5.75 Å². The number of non-ortho nitro benzene ring substituents is 1. The molecule has 2 amide bonds. The van der Waals surface area contributed by atoms with Gasteiger partial charge in [-0.15, -0.1) is 0 Å². The van der Waals surface area contributed by atoms with Gasteiger partial charge in [-0.25, -0.2) is 0 Å². The zero-order valence-electron chi connectivity index (χ0n) is 14.4. The number of nitrogens with one attached hydrogen (secondary N) is 1. The quantitative estimate of drug-likeness (QED) is 0.586. The van der Waals surface area contributed by atoms with Crippen LogP contribution in [0.4, 0.5) is 11.4 Å². The summed E-state index contributed by atoms with van der Waals surface area (Å²) in [6.45, 7) is 1.72. The van der Waals surface area contributed by atoms with Crippen molar-refractivity contribution >= 4 is 23.2 Å². The van der Waals surface area contributed by atoms with Crippen molar-refractivity contribution in [1.82, 2.24) is 9.80 Å². The number of rotatable bonds is 7. The Kier molecular flexibility index (Phi) is 6.66. The molecule has 0 radical (unpaired) electrons. The number of carbonyl (C=O) groups is 2. The average Bonchev–Trinajstić information content (AvgIpc) is 2.53. The highest BCUT2D eigenvalue weighted by atomic mass is 16.6. The molecule has 0 heterocycles. The van der Waals surface area contributed by atoms with Gasteiger partial charge < -0.3 is 15.0 Å². The van der Waals surface area contributed by atoms with Crippen molar-refractivity contribution in [3.63, 3.8) is 0 Å². The fourth-order valence-electron chi connectivity index (χ4n) is 1.84. The van der Waals surface area contributed by atoms with Crippen LogP contribution in [0.5, 0.6) is 5.75 Å². The van der Waals surface area contributed by atoms with Crippen LogP contribution < -0.4 is 10.1 Å². The highest BCUT2D eigenvalue weighted by molar-refractivity contribution is 5.96. The molecule has 9 heteroatoms. The van der Waals surface area contributed by atoms with E-state index in [1.54, 1.807) is 33.0 Å². The molecule has 0 unspecified atom stereocenters. The van der Waals surface area contributed by atoms with E-state index in [1.165, 1.54) is 30.2 Å². The lowest BCUT2D eigenvalue weighted by Crippen LogP contribution is -2.44. The van der Waals surface area contributed by atoms with Crippen molar-refractivity contribution < 1.29 is 19.2 Å². The van der Waals surface area contributed by atoms with E-state index in [0.717, 1.165) is 0 Å². The first-order chi connectivity index (χ1) is 11.2. The molecule has 0 saturated carbocycles. The van der Waals surface area contributed by atoms with Crippen molar-refractivity contribution in [1.29, 1.82) is 0 Å². The van der Waals surface area contributed by atoms with Crippen LogP contribution >= 0.6 is 0 Å². The fraction of sp³-hybridized carbons (Fsp3) is 0.467. The van der Waals surface area contributed by atoms with Crippen LogP contribution in [-0.2, 0) is 9.59 Å². The van der Waals surface area contributed by atoms with Gasteiger partial charge in [0.2, 0.25) is 11.8 Å². The molecule has 1 N–H and O–H groups in total.